The first-order valence-electron chi connectivity index (χ1n) is 1.35. The van der Waals surface area contributed by atoms with Crippen LogP contribution in [0, 0.1) is 22.7 Å². The summed E-state index contributed by atoms with van der Waals surface area (Å²) in [7, 11) is 0. The van der Waals surface area contributed by atoms with Gasteiger partial charge in [0.05, 0.1) is 0 Å². The minimum absolute atomic E-state index is 0. The summed E-state index contributed by atoms with van der Waals surface area (Å²) >= 11 is 14.4. The summed E-state index contributed by atoms with van der Waals surface area (Å²) < 4.78 is -0.750. The van der Waals surface area contributed by atoms with E-state index < -0.39 is 4.30 Å². The summed E-state index contributed by atoms with van der Waals surface area (Å²) in [6.45, 7) is 0. The lowest BCUT2D eigenvalue weighted by Crippen LogP contribution is -1.55. The number of hydrogen-bond donors (Lipinski definition) is 0. The van der Waals surface area contributed by atoms with E-state index in [1.54, 1.807) is 0 Å². The lowest BCUT2D eigenvalue weighted by molar-refractivity contribution is 1.49. The molecule has 0 aliphatic heterocycles. The molecule has 0 aromatic carbocycles. The Kier molecular flexibility index (Phi) is 28.3. The van der Waals surface area contributed by atoms with Crippen LogP contribution in [0.4, 0.5) is 0 Å². The highest BCUT2D eigenvalue weighted by molar-refractivity contribution is 8.93. The third-order valence-corrected chi connectivity index (χ3v) is 0.0500. The molecular formula is C3H2BrCl3N2. The van der Waals surface area contributed by atoms with E-state index >= 15 is 0 Å². The predicted octanol–water partition coefficient (Wildman–Crippen LogP) is 2.60. The highest BCUT2D eigenvalue weighted by Crippen LogP contribution is 2.03. The van der Waals surface area contributed by atoms with Crippen molar-refractivity contribution >= 4 is 51.8 Å². The standard InChI is InChI=1S/C2N2.CHCl3.BrH/c3-1-2-4;2-1(3)4;/h;1H;1H. The third kappa shape index (κ3) is 189. The molecule has 0 unspecified atom stereocenters. The summed E-state index contributed by atoms with van der Waals surface area (Å²) in [6, 6.07) is 2.47. The summed E-state index contributed by atoms with van der Waals surface area (Å²) in [6.07, 6.45) is 0. The van der Waals surface area contributed by atoms with E-state index in [1.165, 1.54) is 12.1 Å². The average Bonchev–Trinajstić information content (AvgIpc) is 1.65. The van der Waals surface area contributed by atoms with Crippen LogP contribution in [0.3, 0.4) is 0 Å². The number of nitriles is 2. The van der Waals surface area contributed by atoms with E-state index in [1.807, 2.05) is 0 Å². The van der Waals surface area contributed by atoms with Crippen molar-refractivity contribution in [3.8, 4) is 12.1 Å². The summed E-state index contributed by atoms with van der Waals surface area (Å²) in [5, 5.41) is 14.5. The second-order valence-corrected chi connectivity index (χ2v) is 2.45. The minimum atomic E-state index is -0.750. The number of hydrogen-bond acceptors (Lipinski definition) is 2. The number of halogens is 4. The second-order valence-electron chi connectivity index (χ2n) is 0.471. The monoisotopic (exact) mass is 250 g/mol. The van der Waals surface area contributed by atoms with E-state index in [0.717, 1.165) is 0 Å². The van der Waals surface area contributed by atoms with E-state index in [-0.39, 0.29) is 17.0 Å². The van der Waals surface area contributed by atoms with Crippen LogP contribution in [0.15, 0.2) is 0 Å². The zero-order valence-corrected chi connectivity index (χ0v) is 7.99. The highest BCUT2D eigenvalue weighted by atomic mass is 79.9. The lowest BCUT2D eigenvalue weighted by Gasteiger charge is -1.69. The van der Waals surface area contributed by atoms with Gasteiger partial charge in [0.1, 0.15) is 0 Å². The smallest absolute Gasteiger partial charge is 0.181 e. The fourth-order valence-electron chi connectivity index (χ4n) is 0. The summed E-state index contributed by atoms with van der Waals surface area (Å²) in [4.78, 5) is 0. The van der Waals surface area contributed by atoms with Crippen LogP contribution in [0.1, 0.15) is 0 Å². The maximum Gasteiger partial charge on any atom is 0.181 e. The SMILES string of the molecule is Br.ClC(Cl)Cl.N#CC#N. The van der Waals surface area contributed by atoms with Crippen LogP contribution in [0.2, 0.25) is 0 Å². The predicted molar refractivity (Wildman–Crippen MR) is 42.9 cm³/mol. The van der Waals surface area contributed by atoms with Gasteiger partial charge in [0, 0.05) is 0 Å². The van der Waals surface area contributed by atoms with Crippen molar-refractivity contribution < 1.29 is 0 Å². The maximum absolute atomic E-state index is 7.26. The molecule has 0 spiro atoms. The summed E-state index contributed by atoms with van der Waals surface area (Å²) in [5.41, 5.74) is 0. The number of alkyl halides is 3. The fourth-order valence-corrected chi connectivity index (χ4v) is 0. The molecule has 0 fully saturated rings. The molecule has 0 radical (unpaired) electrons. The first-order chi connectivity index (χ1) is 3.65. The van der Waals surface area contributed by atoms with Crippen molar-refractivity contribution in [3.63, 3.8) is 0 Å². The maximum atomic E-state index is 7.26. The molecule has 0 rings (SSSR count). The normalized spacial score (nSPS) is 5.11. The molecule has 2 nitrogen and oxygen atoms in total. The molecule has 52 valence electrons. The van der Waals surface area contributed by atoms with Gasteiger partial charge in [-0.3, -0.25) is 0 Å². The zero-order valence-electron chi connectivity index (χ0n) is 4.01. The van der Waals surface area contributed by atoms with Crippen LogP contribution < -0.4 is 0 Å². The Balaban J connectivity index is -0.0000000720. The minimum Gasteiger partial charge on any atom is -0.181 e. The van der Waals surface area contributed by atoms with E-state index in [4.69, 9.17) is 45.3 Å². The fraction of sp³-hybridized carbons (Fsp3) is 0.333. The van der Waals surface area contributed by atoms with Crippen molar-refractivity contribution in [2.24, 2.45) is 0 Å². The Hall–Kier alpha value is 0.330. The molecule has 0 aromatic heterocycles. The highest BCUT2D eigenvalue weighted by Gasteiger charge is 1.78. The first-order valence-corrected chi connectivity index (χ1v) is 2.66. The van der Waals surface area contributed by atoms with Gasteiger partial charge in [-0.05, 0) is 0 Å². The average molecular weight is 252 g/mol. The van der Waals surface area contributed by atoms with Crippen molar-refractivity contribution in [2.75, 3.05) is 0 Å². The molecule has 0 aliphatic carbocycles. The van der Waals surface area contributed by atoms with Gasteiger partial charge in [-0.2, -0.15) is 10.5 Å². The van der Waals surface area contributed by atoms with Crippen LogP contribution in [0.25, 0.3) is 0 Å². The molecule has 0 heterocycles. The van der Waals surface area contributed by atoms with Gasteiger partial charge in [-0.25, -0.2) is 0 Å². The Labute approximate surface area is 78.7 Å². The Bertz CT molecular complexity index is 98.5. The van der Waals surface area contributed by atoms with Crippen LogP contribution >= 0.6 is 51.8 Å². The molecule has 0 aromatic rings. The Morgan fingerprint density at radius 1 is 1.00 bits per heavy atom. The van der Waals surface area contributed by atoms with Gasteiger partial charge in [-0.1, -0.05) is 34.8 Å². The molecule has 0 saturated heterocycles. The molecule has 6 heteroatoms. The Morgan fingerprint density at radius 3 is 1.11 bits per heavy atom. The largest absolute Gasteiger partial charge is 0.181 e. The quantitative estimate of drug-likeness (QED) is 0.622. The Morgan fingerprint density at radius 2 is 1.11 bits per heavy atom. The van der Waals surface area contributed by atoms with Crippen molar-refractivity contribution in [3.05, 3.63) is 0 Å². The lowest BCUT2D eigenvalue weighted by atomic mass is 10.9. The van der Waals surface area contributed by atoms with Crippen LogP contribution in [-0.2, 0) is 0 Å². The van der Waals surface area contributed by atoms with E-state index in [0.29, 0.717) is 0 Å². The van der Waals surface area contributed by atoms with Gasteiger partial charge in [0.2, 0.25) is 0 Å². The molecular weight excluding hydrogens is 250 g/mol. The van der Waals surface area contributed by atoms with Gasteiger partial charge < -0.3 is 0 Å². The van der Waals surface area contributed by atoms with Crippen LogP contribution in [0.5, 0.6) is 0 Å². The van der Waals surface area contributed by atoms with Gasteiger partial charge in [0.25, 0.3) is 0 Å². The number of nitrogens with zero attached hydrogens (tertiary/aromatic N) is 2. The zero-order chi connectivity index (χ0) is 6.99. The van der Waals surface area contributed by atoms with Gasteiger partial charge in [0.15, 0.2) is 16.4 Å². The molecule has 0 aliphatic rings. The van der Waals surface area contributed by atoms with Crippen molar-refractivity contribution in [1.82, 2.24) is 0 Å². The van der Waals surface area contributed by atoms with Crippen LogP contribution in [-0.4, -0.2) is 4.30 Å². The summed E-state index contributed by atoms with van der Waals surface area (Å²) in [5.74, 6) is 0. The molecule has 0 bridgehead atoms. The van der Waals surface area contributed by atoms with E-state index in [2.05, 4.69) is 0 Å². The van der Waals surface area contributed by atoms with Crippen molar-refractivity contribution in [1.29, 1.82) is 10.5 Å². The molecule has 9 heavy (non-hydrogen) atoms. The molecule has 0 atom stereocenters. The van der Waals surface area contributed by atoms with Gasteiger partial charge >= 0.3 is 0 Å². The topological polar surface area (TPSA) is 47.6 Å². The second kappa shape index (κ2) is 15.8. The molecule has 0 N–H and O–H groups in total. The third-order valence-electron chi connectivity index (χ3n) is 0.0500. The van der Waals surface area contributed by atoms with E-state index in [9.17, 15) is 0 Å². The molecule has 0 amide bonds. The molecule has 0 saturated carbocycles. The van der Waals surface area contributed by atoms with Gasteiger partial charge in [-0.15, -0.1) is 17.0 Å². The van der Waals surface area contributed by atoms with Crippen molar-refractivity contribution in [2.45, 2.75) is 4.30 Å². The first kappa shape index (κ1) is 16.2. The number of rotatable bonds is 0.